The van der Waals surface area contributed by atoms with Gasteiger partial charge in [-0.2, -0.15) is 5.10 Å². The number of aromatic nitrogens is 2. The maximum Gasteiger partial charge on any atom is 0.160 e. The minimum atomic E-state index is 0.469. The van der Waals surface area contributed by atoms with Crippen LogP contribution in [-0.2, 0) is 6.54 Å². The van der Waals surface area contributed by atoms with Crippen molar-refractivity contribution < 1.29 is 4.74 Å². The highest BCUT2D eigenvalue weighted by Gasteiger charge is 2.17. The van der Waals surface area contributed by atoms with Gasteiger partial charge < -0.3 is 10.1 Å². The molecule has 4 heteroatoms. The Kier molecular flexibility index (Phi) is 5.32. The summed E-state index contributed by atoms with van der Waals surface area (Å²) in [6.45, 7) is 6.36. The molecule has 0 aliphatic rings. The van der Waals surface area contributed by atoms with Gasteiger partial charge in [-0.15, -0.1) is 0 Å². The Morgan fingerprint density at radius 2 is 2.31 bits per heavy atom. The Hall–Kier alpha value is -1.03. The summed E-state index contributed by atoms with van der Waals surface area (Å²) in [7, 11) is 3.69. The van der Waals surface area contributed by atoms with Gasteiger partial charge >= 0.3 is 0 Å². The molecule has 4 nitrogen and oxygen atoms in total. The Labute approximate surface area is 98.0 Å². The van der Waals surface area contributed by atoms with Crippen molar-refractivity contribution in [3.8, 4) is 5.75 Å². The normalized spacial score (nSPS) is 12.8. The van der Waals surface area contributed by atoms with E-state index in [0.717, 1.165) is 31.7 Å². The quantitative estimate of drug-likeness (QED) is 0.771. The van der Waals surface area contributed by atoms with Gasteiger partial charge in [0.25, 0.3) is 0 Å². The first-order valence-electron chi connectivity index (χ1n) is 5.98. The van der Waals surface area contributed by atoms with Crippen LogP contribution in [0.5, 0.6) is 5.75 Å². The van der Waals surface area contributed by atoms with Crippen LogP contribution in [0.15, 0.2) is 6.20 Å². The molecule has 0 aliphatic carbocycles. The van der Waals surface area contributed by atoms with E-state index in [1.807, 2.05) is 13.2 Å². The van der Waals surface area contributed by atoms with Gasteiger partial charge in [-0.1, -0.05) is 13.8 Å². The van der Waals surface area contributed by atoms with Crippen molar-refractivity contribution >= 4 is 0 Å². The van der Waals surface area contributed by atoms with Gasteiger partial charge in [-0.3, -0.25) is 4.68 Å². The maximum absolute atomic E-state index is 5.37. The van der Waals surface area contributed by atoms with E-state index in [0.29, 0.717) is 5.92 Å². The molecule has 1 N–H and O–H groups in total. The van der Waals surface area contributed by atoms with Crippen LogP contribution in [0.4, 0.5) is 0 Å². The first-order valence-corrected chi connectivity index (χ1v) is 5.98. The second-order valence-corrected chi connectivity index (χ2v) is 4.11. The Morgan fingerprint density at radius 3 is 2.88 bits per heavy atom. The van der Waals surface area contributed by atoms with Gasteiger partial charge in [-0.05, 0) is 26.4 Å². The summed E-state index contributed by atoms with van der Waals surface area (Å²) in [5.74, 6) is 1.38. The molecule has 0 radical (unpaired) electrons. The van der Waals surface area contributed by atoms with Gasteiger partial charge in [0, 0.05) is 12.5 Å². The van der Waals surface area contributed by atoms with Crippen molar-refractivity contribution in [2.45, 2.75) is 39.2 Å². The average molecular weight is 225 g/mol. The first kappa shape index (κ1) is 13.0. The summed E-state index contributed by atoms with van der Waals surface area (Å²) in [6, 6.07) is 0. The number of rotatable bonds is 7. The van der Waals surface area contributed by atoms with Crippen molar-refractivity contribution in [1.29, 1.82) is 0 Å². The molecular weight excluding hydrogens is 202 g/mol. The van der Waals surface area contributed by atoms with E-state index in [1.54, 1.807) is 7.11 Å². The third-order valence-electron chi connectivity index (χ3n) is 2.79. The highest BCUT2D eigenvalue weighted by molar-refractivity contribution is 5.28. The standard InChI is InChI=1S/C12H23N3O/c1-5-8-15-12(10(2)6-7-13-3)11(16-4)9-14-15/h9-10,13H,5-8H2,1-4H3. The second kappa shape index (κ2) is 6.53. The summed E-state index contributed by atoms with van der Waals surface area (Å²) < 4.78 is 7.44. The lowest BCUT2D eigenvalue weighted by molar-refractivity contribution is 0.399. The topological polar surface area (TPSA) is 39.1 Å². The molecule has 1 atom stereocenters. The summed E-state index contributed by atoms with van der Waals surface area (Å²) in [5.41, 5.74) is 1.22. The van der Waals surface area contributed by atoms with Crippen LogP contribution in [-0.4, -0.2) is 30.5 Å². The predicted molar refractivity (Wildman–Crippen MR) is 66.0 cm³/mol. The van der Waals surface area contributed by atoms with Gasteiger partial charge in [0.05, 0.1) is 19.0 Å². The lowest BCUT2D eigenvalue weighted by Crippen LogP contribution is -2.14. The first-order chi connectivity index (χ1) is 7.74. The van der Waals surface area contributed by atoms with E-state index in [2.05, 4.69) is 28.9 Å². The summed E-state index contributed by atoms with van der Waals surface area (Å²) in [6.07, 6.45) is 4.01. The van der Waals surface area contributed by atoms with E-state index >= 15 is 0 Å². The van der Waals surface area contributed by atoms with E-state index in [1.165, 1.54) is 5.69 Å². The lowest BCUT2D eigenvalue weighted by atomic mass is 10.0. The Morgan fingerprint density at radius 1 is 1.56 bits per heavy atom. The molecule has 16 heavy (non-hydrogen) atoms. The number of ether oxygens (including phenoxy) is 1. The monoisotopic (exact) mass is 225 g/mol. The molecule has 0 saturated carbocycles. The molecule has 1 aromatic rings. The largest absolute Gasteiger partial charge is 0.493 e. The van der Waals surface area contributed by atoms with E-state index in [4.69, 9.17) is 4.74 Å². The fraction of sp³-hybridized carbons (Fsp3) is 0.750. The van der Waals surface area contributed by atoms with Gasteiger partial charge in [0.15, 0.2) is 5.75 Å². The van der Waals surface area contributed by atoms with Crippen LogP contribution in [0.25, 0.3) is 0 Å². The van der Waals surface area contributed by atoms with Crippen LogP contribution < -0.4 is 10.1 Å². The van der Waals surface area contributed by atoms with E-state index in [-0.39, 0.29) is 0 Å². The highest BCUT2D eigenvalue weighted by Crippen LogP contribution is 2.28. The van der Waals surface area contributed by atoms with Crippen LogP contribution in [0.2, 0.25) is 0 Å². The lowest BCUT2D eigenvalue weighted by Gasteiger charge is -2.15. The molecule has 1 aromatic heterocycles. The molecular formula is C12H23N3O. The third kappa shape index (κ3) is 2.98. The third-order valence-corrected chi connectivity index (χ3v) is 2.79. The number of aryl methyl sites for hydroxylation is 1. The zero-order valence-corrected chi connectivity index (χ0v) is 10.8. The summed E-state index contributed by atoms with van der Waals surface area (Å²) in [4.78, 5) is 0. The molecule has 0 saturated heterocycles. The van der Waals surface area contributed by atoms with Crippen LogP contribution >= 0.6 is 0 Å². The fourth-order valence-electron chi connectivity index (χ4n) is 1.92. The molecule has 1 unspecified atom stereocenters. The molecule has 0 bridgehead atoms. The maximum atomic E-state index is 5.37. The van der Waals surface area contributed by atoms with Crippen LogP contribution in [0, 0.1) is 0 Å². The van der Waals surface area contributed by atoms with Crippen molar-refractivity contribution in [3.63, 3.8) is 0 Å². The Bertz CT molecular complexity index is 309. The van der Waals surface area contributed by atoms with Gasteiger partial charge in [0.1, 0.15) is 0 Å². The van der Waals surface area contributed by atoms with E-state index in [9.17, 15) is 0 Å². The SMILES string of the molecule is CCCn1ncc(OC)c1C(C)CCNC. The highest BCUT2D eigenvalue weighted by atomic mass is 16.5. The van der Waals surface area contributed by atoms with Crippen LogP contribution in [0.1, 0.15) is 38.3 Å². The second-order valence-electron chi connectivity index (χ2n) is 4.11. The summed E-state index contributed by atoms with van der Waals surface area (Å²) in [5, 5.41) is 7.56. The molecule has 0 spiro atoms. The van der Waals surface area contributed by atoms with E-state index < -0.39 is 0 Å². The van der Waals surface area contributed by atoms with Crippen LogP contribution in [0.3, 0.4) is 0 Å². The Balaban J connectivity index is 2.84. The van der Waals surface area contributed by atoms with Crippen molar-refractivity contribution in [2.24, 2.45) is 0 Å². The molecule has 0 aliphatic heterocycles. The molecule has 0 amide bonds. The number of hydrogen-bond acceptors (Lipinski definition) is 3. The van der Waals surface area contributed by atoms with Crippen molar-refractivity contribution in [2.75, 3.05) is 20.7 Å². The molecule has 1 heterocycles. The smallest absolute Gasteiger partial charge is 0.160 e. The van der Waals surface area contributed by atoms with Crippen molar-refractivity contribution in [3.05, 3.63) is 11.9 Å². The fourth-order valence-corrected chi connectivity index (χ4v) is 1.92. The number of nitrogens with one attached hydrogen (secondary N) is 1. The number of methoxy groups -OCH3 is 1. The minimum Gasteiger partial charge on any atom is -0.493 e. The molecule has 0 aromatic carbocycles. The average Bonchev–Trinajstić information content (AvgIpc) is 2.69. The molecule has 1 rings (SSSR count). The zero-order valence-electron chi connectivity index (χ0n) is 10.8. The summed E-state index contributed by atoms with van der Waals surface area (Å²) >= 11 is 0. The molecule has 0 fully saturated rings. The van der Waals surface area contributed by atoms with Gasteiger partial charge in [-0.25, -0.2) is 0 Å². The zero-order chi connectivity index (χ0) is 12.0. The van der Waals surface area contributed by atoms with Gasteiger partial charge in [0.2, 0.25) is 0 Å². The molecule has 92 valence electrons. The minimum absolute atomic E-state index is 0.469. The predicted octanol–water partition coefficient (Wildman–Crippen LogP) is 2.01. The number of hydrogen-bond donors (Lipinski definition) is 1. The number of nitrogens with zero attached hydrogens (tertiary/aromatic N) is 2. The van der Waals surface area contributed by atoms with Crippen molar-refractivity contribution in [1.82, 2.24) is 15.1 Å².